The number of hydrogen-bond donors (Lipinski definition) is 1. The van der Waals surface area contributed by atoms with Crippen LogP contribution in [0, 0.1) is 17.0 Å². The number of carbonyl (C=O) groups excluding carboxylic acids is 1. The highest BCUT2D eigenvalue weighted by molar-refractivity contribution is 9.10. The van der Waals surface area contributed by atoms with Gasteiger partial charge in [-0.1, -0.05) is 0 Å². The number of nitro groups is 1. The van der Waals surface area contributed by atoms with Crippen LogP contribution in [0.1, 0.15) is 11.4 Å². The van der Waals surface area contributed by atoms with E-state index in [2.05, 4.69) is 31.4 Å². The summed E-state index contributed by atoms with van der Waals surface area (Å²) in [5, 5.41) is 21.3. The van der Waals surface area contributed by atoms with Gasteiger partial charge in [0.05, 0.1) is 23.0 Å². The van der Waals surface area contributed by atoms with E-state index in [1.807, 2.05) is 0 Å². The molecule has 1 amide bonds. The molecule has 1 N–H and O–H groups in total. The third-order valence-electron chi connectivity index (χ3n) is 2.97. The lowest BCUT2D eigenvalue weighted by molar-refractivity contribution is -0.390. The Morgan fingerprint density at radius 2 is 2.29 bits per heavy atom. The van der Waals surface area contributed by atoms with Gasteiger partial charge < -0.3 is 15.4 Å². The van der Waals surface area contributed by atoms with Crippen LogP contribution >= 0.6 is 15.9 Å². The van der Waals surface area contributed by atoms with Crippen molar-refractivity contribution < 1.29 is 9.72 Å². The van der Waals surface area contributed by atoms with Gasteiger partial charge in [0, 0.05) is 13.2 Å². The molecule has 9 nitrogen and oxygen atoms in total. The Morgan fingerprint density at radius 1 is 1.57 bits per heavy atom. The fourth-order valence-electron chi connectivity index (χ4n) is 1.73. The van der Waals surface area contributed by atoms with Crippen molar-refractivity contribution in [2.75, 3.05) is 0 Å². The van der Waals surface area contributed by atoms with Crippen molar-refractivity contribution in [2.45, 2.75) is 20.0 Å². The Bertz CT molecular complexity index is 692. The second-order valence-corrected chi connectivity index (χ2v) is 5.15. The number of nitrogens with zero attached hydrogens (tertiary/aromatic N) is 5. The topological polar surface area (TPSA) is 108 Å². The van der Waals surface area contributed by atoms with Gasteiger partial charge in [0.2, 0.25) is 5.91 Å². The van der Waals surface area contributed by atoms with Crippen molar-refractivity contribution in [2.24, 2.45) is 7.05 Å². The summed E-state index contributed by atoms with van der Waals surface area (Å²) in [5.74, 6) is -0.587. The van der Waals surface area contributed by atoms with Gasteiger partial charge in [-0.05, 0) is 33.8 Å². The molecule has 0 bridgehead atoms. The SMILES string of the molecule is Cc1c(Br)c([N+](=O)[O-])nn1CC(=O)NCc1ccnn1C. The van der Waals surface area contributed by atoms with E-state index in [0.717, 1.165) is 5.69 Å². The molecule has 21 heavy (non-hydrogen) atoms. The van der Waals surface area contributed by atoms with Crippen LogP contribution in [0.5, 0.6) is 0 Å². The minimum absolute atomic E-state index is 0.0872. The molecular weight excluding hydrogens is 344 g/mol. The van der Waals surface area contributed by atoms with Crippen LogP contribution in [-0.4, -0.2) is 30.4 Å². The summed E-state index contributed by atoms with van der Waals surface area (Å²) in [5.41, 5.74) is 1.38. The maximum Gasteiger partial charge on any atom is 0.404 e. The second-order valence-electron chi connectivity index (χ2n) is 4.36. The van der Waals surface area contributed by atoms with Gasteiger partial charge in [0.25, 0.3) is 0 Å². The molecule has 0 saturated carbocycles. The molecule has 2 aromatic rings. The Balaban J connectivity index is 2.01. The average molecular weight is 357 g/mol. The number of halogens is 1. The molecule has 0 aliphatic rings. The molecule has 0 fully saturated rings. The van der Waals surface area contributed by atoms with Crippen LogP contribution in [0.3, 0.4) is 0 Å². The zero-order valence-electron chi connectivity index (χ0n) is 11.4. The molecule has 0 spiro atoms. The van der Waals surface area contributed by atoms with E-state index in [-0.39, 0.29) is 22.7 Å². The zero-order valence-corrected chi connectivity index (χ0v) is 13.0. The maximum atomic E-state index is 11.9. The first-order chi connectivity index (χ1) is 9.90. The smallest absolute Gasteiger partial charge is 0.358 e. The molecule has 0 aliphatic heterocycles. The van der Waals surface area contributed by atoms with Crippen molar-refractivity contribution in [3.05, 3.63) is 38.2 Å². The predicted molar refractivity (Wildman–Crippen MR) is 76.4 cm³/mol. The molecule has 0 radical (unpaired) electrons. The molecule has 0 unspecified atom stereocenters. The fraction of sp³-hybridized carbons (Fsp3) is 0.364. The largest absolute Gasteiger partial charge is 0.404 e. The predicted octanol–water partition coefficient (Wildman–Crippen LogP) is 0.912. The zero-order chi connectivity index (χ0) is 15.6. The summed E-state index contributed by atoms with van der Waals surface area (Å²) in [6.07, 6.45) is 1.64. The monoisotopic (exact) mass is 356 g/mol. The lowest BCUT2D eigenvalue weighted by atomic mass is 10.4. The average Bonchev–Trinajstić information content (AvgIpc) is 2.95. The van der Waals surface area contributed by atoms with Crippen molar-refractivity contribution in [1.82, 2.24) is 24.9 Å². The Kier molecular flexibility index (Phi) is 4.36. The van der Waals surface area contributed by atoms with E-state index in [4.69, 9.17) is 0 Å². The number of aromatic nitrogens is 4. The van der Waals surface area contributed by atoms with Crippen molar-refractivity contribution in [3.63, 3.8) is 0 Å². The van der Waals surface area contributed by atoms with E-state index in [9.17, 15) is 14.9 Å². The summed E-state index contributed by atoms with van der Waals surface area (Å²) in [6, 6.07) is 1.79. The van der Waals surface area contributed by atoms with Crippen LogP contribution in [0.4, 0.5) is 5.82 Å². The highest BCUT2D eigenvalue weighted by atomic mass is 79.9. The minimum atomic E-state index is -0.596. The number of carbonyl (C=O) groups is 1. The van der Waals surface area contributed by atoms with Crippen LogP contribution in [-0.2, 0) is 24.9 Å². The molecule has 2 aromatic heterocycles. The molecule has 0 aliphatic carbocycles. The van der Waals surface area contributed by atoms with Crippen LogP contribution < -0.4 is 5.32 Å². The lowest BCUT2D eigenvalue weighted by Crippen LogP contribution is -2.28. The quantitative estimate of drug-likeness (QED) is 0.632. The first-order valence-corrected chi connectivity index (χ1v) is 6.80. The summed E-state index contributed by atoms with van der Waals surface area (Å²) >= 11 is 3.10. The van der Waals surface area contributed by atoms with Gasteiger partial charge in [0.1, 0.15) is 11.0 Å². The van der Waals surface area contributed by atoms with Gasteiger partial charge in [-0.25, -0.2) is 0 Å². The molecule has 10 heteroatoms. The van der Waals surface area contributed by atoms with Gasteiger partial charge in [-0.3, -0.25) is 9.48 Å². The highest BCUT2D eigenvalue weighted by Gasteiger charge is 2.24. The van der Waals surface area contributed by atoms with Crippen molar-refractivity contribution >= 4 is 27.7 Å². The van der Waals surface area contributed by atoms with Gasteiger partial charge in [0.15, 0.2) is 0 Å². The van der Waals surface area contributed by atoms with Crippen molar-refractivity contribution in [1.29, 1.82) is 0 Å². The number of rotatable bonds is 5. The third-order valence-corrected chi connectivity index (χ3v) is 3.90. The van der Waals surface area contributed by atoms with E-state index in [1.54, 1.807) is 30.9 Å². The third kappa shape index (κ3) is 3.27. The first-order valence-electron chi connectivity index (χ1n) is 6.01. The highest BCUT2D eigenvalue weighted by Crippen LogP contribution is 2.26. The van der Waals surface area contributed by atoms with Gasteiger partial charge >= 0.3 is 5.82 Å². The van der Waals surface area contributed by atoms with Gasteiger partial charge in [-0.15, -0.1) is 0 Å². The Hall–Kier alpha value is -2.23. The molecule has 2 rings (SSSR count). The molecule has 2 heterocycles. The first kappa shape index (κ1) is 15.2. The van der Waals surface area contributed by atoms with E-state index >= 15 is 0 Å². The maximum absolute atomic E-state index is 11.9. The normalized spacial score (nSPS) is 10.6. The fourth-order valence-corrected chi connectivity index (χ4v) is 2.16. The standard InChI is InChI=1S/C11H13BrN6O3/c1-7-10(12)11(18(20)21)15-17(7)6-9(19)13-5-8-3-4-14-16(8)2/h3-4H,5-6H2,1-2H3,(H,13,19). The van der Waals surface area contributed by atoms with Crippen LogP contribution in [0.2, 0.25) is 0 Å². The van der Waals surface area contributed by atoms with Crippen LogP contribution in [0.25, 0.3) is 0 Å². The number of amides is 1. The Labute approximate surface area is 128 Å². The van der Waals surface area contributed by atoms with Gasteiger partial charge in [-0.2, -0.15) is 9.78 Å². The van der Waals surface area contributed by atoms with Crippen LogP contribution in [0.15, 0.2) is 16.7 Å². The summed E-state index contributed by atoms with van der Waals surface area (Å²) in [6.45, 7) is 1.90. The summed E-state index contributed by atoms with van der Waals surface area (Å²) < 4.78 is 3.23. The molecule has 112 valence electrons. The molecule has 0 saturated heterocycles. The molecule has 0 aromatic carbocycles. The summed E-state index contributed by atoms with van der Waals surface area (Å²) in [7, 11) is 1.78. The van der Waals surface area contributed by atoms with E-state index in [1.165, 1.54) is 4.68 Å². The number of nitrogens with one attached hydrogen (secondary N) is 1. The number of aryl methyl sites for hydroxylation is 1. The lowest BCUT2D eigenvalue weighted by Gasteiger charge is -2.05. The van der Waals surface area contributed by atoms with Crippen molar-refractivity contribution in [3.8, 4) is 0 Å². The second kappa shape index (κ2) is 6.04. The Morgan fingerprint density at radius 3 is 2.81 bits per heavy atom. The minimum Gasteiger partial charge on any atom is -0.358 e. The number of hydrogen-bond acceptors (Lipinski definition) is 5. The summed E-state index contributed by atoms with van der Waals surface area (Å²) in [4.78, 5) is 22.1. The van der Waals surface area contributed by atoms with E-state index < -0.39 is 4.92 Å². The molecular formula is C11H13BrN6O3. The van der Waals surface area contributed by atoms with E-state index in [0.29, 0.717) is 12.2 Å². The molecule has 0 atom stereocenters.